The second-order valence-electron chi connectivity index (χ2n) is 5.76. The van der Waals surface area contributed by atoms with Gasteiger partial charge in [-0.1, -0.05) is 31.2 Å². The molecule has 0 bridgehead atoms. The summed E-state index contributed by atoms with van der Waals surface area (Å²) in [5.74, 6) is 0.864. The molecule has 3 nitrogen and oxygen atoms in total. The van der Waals surface area contributed by atoms with Crippen LogP contribution in [0.25, 0.3) is 0 Å². The third-order valence-electron chi connectivity index (χ3n) is 4.38. The third kappa shape index (κ3) is 1.93. The lowest BCUT2D eigenvalue weighted by Crippen LogP contribution is -2.36. The van der Waals surface area contributed by atoms with Crippen LogP contribution in [0.1, 0.15) is 18.1 Å². The molecule has 1 aliphatic carbocycles. The highest BCUT2D eigenvalue weighted by Gasteiger charge is 2.35. The topological polar surface area (TPSA) is 46.3 Å². The Morgan fingerprint density at radius 2 is 1.83 bits per heavy atom. The van der Waals surface area contributed by atoms with E-state index in [1.807, 2.05) is 4.90 Å². The quantitative estimate of drug-likeness (QED) is 0.807. The molecule has 18 heavy (non-hydrogen) atoms. The summed E-state index contributed by atoms with van der Waals surface area (Å²) in [5, 5.41) is 0. The Kier molecular flexibility index (Phi) is 2.86. The number of nitrogens with two attached hydrogens (primary N) is 1. The molecule has 0 radical (unpaired) electrons. The Balaban J connectivity index is 1.70. The van der Waals surface area contributed by atoms with Crippen molar-refractivity contribution in [1.82, 2.24) is 4.90 Å². The SMILES string of the molecule is CC1CN(C(=O)C2Cc3ccccc3C2)CC1N. The van der Waals surface area contributed by atoms with Gasteiger partial charge in [0, 0.05) is 25.0 Å². The molecule has 2 N–H and O–H groups in total. The largest absolute Gasteiger partial charge is 0.341 e. The van der Waals surface area contributed by atoms with E-state index < -0.39 is 0 Å². The molecule has 0 saturated carbocycles. The molecular formula is C15H20N2O. The van der Waals surface area contributed by atoms with Gasteiger partial charge in [0.2, 0.25) is 5.91 Å². The predicted molar refractivity (Wildman–Crippen MR) is 71.1 cm³/mol. The van der Waals surface area contributed by atoms with Gasteiger partial charge in [-0.05, 0) is 29.9 Å². The fourth-order valence-electron chi connectivity index (χ4n) is 3.16. The standard InChI is InChI=1S/C15H20N2O/c1-10-8-17(9-14(10)16)15(18)13-6-11-4-2-3-5-12(11)7-13/h2-5,10,13-14H,6-9,16H2,1H3. The summed E-state index contributed by atoms with van der Waals surface area (Å²) >= 11 is 0. The molecule has 1 heterocycles. The lowest BCUT2D eigenvalue weighted by atomic mass is 10.1. The minimum atomic E-state index is 0.139. The monoisotopic (exact) mass is 244 g/mol. The first-order valence-electron chi connectivity index (χ1n) is 6.76. The maximum absolute atomic E-state index is 12.5. The van der Waals surface area contributed by atoms with Crippen molar-refractivity contribution in [3.05, 3.63) is 35.4 Å². The highest BCUT2D eigenvalue weighted by atomic mass is 16.2. The third-order valence-corrected chi connectivity index (χ3v) is 4.38. The average Bonchev–Trinajstić information content (AvgIpc) is 2.93. The van der Waals surface area contributed by atoms with Crippen LogP contribution in [-0.4, -0.2) is 29.9 Å². The lowest BCUT2D eigenvalue weighted by Gasteiger charge is -2.20. The molecule has 96 valence electrons. The van der Waals surface area contributed by atoms with Crippen molar-refractivity contribution in [3.63, 3.8) is 0 Å². The summed E-state index contributed by atoms with van der Waals surface area (Å²) in [7, 11) is 0. The van der Waals surface area contributed by atoms with Gasteiger partial charge in [-0.3, -0.25) is 4.79 Å². The van der Waals surface area contributed by atoms with Gasteiger partial charge in [0.25, 0.3) is 0 Å². The minimum Gasteiger partial charge on any atom is -0.341 e. The van der Waals surface area contributed by atoms with E-state index in [-0.39, 0.29) is 12.0 Å². The van der Waals surface area contributed by atoms with E-state index >= 15 is 0 Å². The van der Waals surface area contributed by atoms with Gasteiger partial charge < -0.3 is 10.6 Å². The van der Waals surface area contributed by atoms with Crippen molar-refractivity contribution < 1.29 is 4.79 Å². The number of carbonyl (C=O) groups excluding carboxylic acids is 1. The van der Waals surface area contributed by atoms with Crippen molar-refractivity contribution in [2.24, 2.45) is 17.6 Å². The zero-order valence-electron chi connectivity index (χ0n) is 10.8. The fourth-order valence-corrected chi connectivity index (χ4v) is 3.16. The van der Waals surface area contributed by atoms with Crippen LogP contribution in [0.3, 0.4) is 0 Å². The molecule has 1 aliphatic heterocycles. The van der Waals surface area contributed by atoms with Crippen LogP contribution in [0.4, 0.5) is 0 Å². The van der Waals surface area contributed by atoms with E-state index in [4.69, 9.17) is 5.73 Å². The average molecular weight is 244 g/mol. The van der Waals surface area contributed by atoms with Gasteiger partial charge in [0.05, 0.1) is 0 Å². The number of amides is 1. The van der Waals surface area contributed by atoms with Crippen LogP contribution in [0.5, 0.6) is 0 Å². The Hall–Kier alpha value is -1.35. The lowest BCUT2D eigenvalue weighted by molar-refractivity contribution is -0.134. The number of rotatable bonds is 1. The van der Waals surface area contributed by atoms with Gasteiger partial charge in [0.15, 0.2) is 0 Å². The molecule has 0 aromatic heterocycles. The number of benzene rings is 1. The molecule has 1 aromatic rings. The van der Waals surface area contributed by atoms with Gasteiger partial charge >= 0.3 is 0 Å². The summed E-state index contributed by atoms with van der Waals surface area (Å²) in [6.07, 6.45) is 1.80. The molecule has 2 aliphatic rings. The molecule has 1 amide bonds. The first kappa shape index (κ1) is 11.7. The maximum Gasteiger partial charge on any atom is 0.226 e. The van der Waals surface area contributed by atoms with Crippen LogP contribution >= 0.6 is 0 Å². The number of likely N-dealkylation sites (tertiary alicyclic amines) is 1. The number of carbonyl (C=O) groups is 1. The summed E-state index contributed by atoms with van der Waals surface area (Å²) in [5.41, 5.74) is 8.68. The van der Waals surface area contributed by atoms with Crippen molar-refractivity contribution in [3.8, 4) is 0 Å². The second kappa shape index (κ2) is 4.39. The van der Waals surface area contributed by atoms with Gasteiger partial charge in [-0.2, -0.15) is 0 Å². The molecule has 2 atom stereocenters. The van der Waals surface area contributed by atoms with E-state index in [1.165, 1.54) is 11.1 Å². The van der Waals surface area contributed by atoms with Crippen LogP contribution in [0.2, 0.25) is 0 Å². The highest BCUT2D eigenvalue weighted by molar-refractivity contribution is 5.80. The summed E-state index contributed by atoms with van der Waals surface area (Å²) in [4.78, 5) is 14.4. The predicted octanol–water partition coefficient (Wildman–Crippen LogP) is 1.21. The molecule has 1 fully saturated rings. The number of hydrogen-bond acceptors (Lipinski definition) is 2. The maximum atomic E-state index is 12.5. The number of hydrogen-bond donors (Lipinski definition) is 1. The van der Waals surface area contributed by atoms with Gasteiger partial charge in [-0.15, -0.1) is 0 Å². The van der Waals surface area contributed by atoms with Crippen LogP contribution in [-0.2, 0) is 17.6 Å². The Bertz CT molecular complexity index is 436. The van der Waals surface area contributed by atoms with E-state index in [0.29, 0.717) is 11.8 Å². The molecular weight excluding hydrogens is 224 g/mol. The zero-order chi connectivity index (χ0) is 12.7. The zero-order valence-corrected chi connectivity index (χ0v) is 10.8. The van der Waals surface area contributed by atoms with E-state index in [9.17, 15) is 4.79 Å². The van der Waals surface area contributed by atoms with Crippen molar-refractivity contribution in [1.29, 1.82) is 0 Å². The summed E-state index contributed by atoms with van der Waals surface area (Å²) in [6.45, 7) is 3.68. The van der Waals surface area contributed by atoms with Crippen molar-refractivity contribution in [2.75, 3.05) is 13.1 Å². The van der Waals surface area contributed by atoms with Crippen LogP contribution in [0, 0.1) is 11.8 Å². The first-order valence-corrected chi connectivity index (χ1v) is 6.76. The van der Waals surface area contributed by atoms with Gasteiger partial charge in [-0.25, -0.2) is 0 Å². The molecule has 3 rings (SSSR count). The van der Waals surface area contributed by atoms with Crippen LogP contribution < -0.4 is 5.73 Å². The Morgan fingerprint density at radius 3 is 2.33 bits per heavy atom. The van der Waals surface area contributed by atoms with E-state index in [1.54, 1.807) is 0 Å². The Labute approximate surface area is 108 Å². The van der Waals surface area contributed by atoms with E-state index in [2.05, 4.69) is 31.2 Å². The van der Waals surface area contributed by atoms with Gasteiger partial charge in [0.1, 0.15) is 0 Å². The van der Waals surface area contributed by atoms with Crippen molar-refractivity contribution in [2.45, 2.75) is 25.8 Å². The second-order valence-corrected chi connectivity index (χ2v) is 5.76. The van der Waals surface area contributed by atoms with E-state index in [0.717, 1.165) is 25.9 Å². The highest BCUT2D eigenvalue weighted by Crippen LogP contribution is 2.29. The molecule has 2 unspecified atom stereocenters. The first-order chi connectivity index (χ1) is 8.65. The minimum absolute atomic E-state index is 0.139. The fraction of sp³-hybridized carbons (Fsp3) is 0.533. The number of fused-ring (bicyclic) bond motifs is 1. The smallest absolute Gasteiger partial charge is 0.226 e. The summed E-state index contributed by atoms with van der Waals surface area (Å²) in [6, 6.07) is 8.54. The normalized spacial score (nSPS) is 27.6. The molecule has 0 spiro atoms. The van der Waals surface area contributed by atoms with Crippen LogP contribution in [0.15, 0.2) is 24.3 Å². The molecule has 3 heteroatoms. The van der Waals surface area contributed by atoms with Crippen molar-refractivity contribution >= 4 is 5.91 Å². The Morgan fingerprint density at radius 1 is 1.22 bits per heavy atom. The molecule has 1 aromatic carbocycles. The number of nitrogens with zero attached hydrogens (tertiary/aromatic N) is 1. The summed E-state index contributed by atoms with van der Waals surface area (Å²) < 4.78 is 0. The molecule has 1 saturated heterocycles.